The van der Waals surface area contributed by atoms with E-state index in [2.05, 4.69) is 15.4 Å². The lowest BCUT2D eigenvalue weighted by Crippen LogP contribution is -2.38. The highest BCUT2D eigenvalue weighted by atomic mass is 35.5. The Morgan fingerprint density at radius 3 is 2.62 bits per heavy atom. The molecule has 0 aliphatic rings. The van der Waals surface area contributed by atoms with Crippen LogP contribution in [0.5, 0.6) is 0 Å². The van der Waals surface area contributed by atoms with Crippen LogP contribution in [0.3, 0.4) is 0 Å². The van der Waals surface area contributed by atoms with Gasteiger partial charge in [-0.1, -0.05) is 11.6 Å². The van der Waals surface area contributed by atoms with E-state index < -0.39 is 0 Å². The van der Waals surface area contributed by atoms with E-state index in [9.17, 15) is 9.59 Å². The number of rotatable bonds is 6. The van der Waals surface area contributed by atoms with E-state index in [1.54, 1.807) is 44.2 Å². The summed E-state index contributed by atoms with van der Waals surface area (Å²) in [6, 6.07) is 5.09. The molecular weight excluding hydrogens is 332 g/mol. The standard InChI is InChI=1S/C15H19ClN6O2/c1-20(2)15(24)8-21(3)7-14(23)19-12-6-11(16)4-5-13(12)22-10-17-9-18-22/h4-6,9-10H,7-8H2,1-3H3,(H,19,23). The first-order valence-corrected chi connectivity index (χ1v) is 7.57. The lowest BCUT2D eigenvalue weighted by atomic mass is 10.2. The van der Waals surface area contributed by atoms with Crippen LogP contribution in [0, 0.1) is 0 Å². The number of benzene rings is 1. The number of hydrogen-bond donors (Lipinski definition) is 1. The number of nitrogens with one attached hydrogen (secondary N) is 1. The van der Waals surface area contributed by atoms with E-state index in [0.29, 0.717) is 16.4 Å². The van der Waals surface area contributed by atoms with Gasteiger partial charge in [-0.15, -0.1) is 0 Å². The van der Waals surface area contributed by atoms with Crippen LogP contribution >= 0.6 is 11.6 Å². The average Bonchev–Trinajstić information content (AvgIpc) is 3.00. The first-order chi connectivity index (χ1) is 11.4. The summed E-state index contributed by atoms with van der Waals surface area (Å²) in [4.78, 5) is 30.9. The zero-order valence-electron chi connectivity index (χ0n) is 13.7. The van der Waals surface area contributed by atoms with Crippen LogP contribution in [-0.4, -0.2) is 70.6 Å². The maximum absolute atomic E-state index is 12.2. The van der Waals surface area contributed by atoms with Gasteiger partial charge in [0.2, 0.25) is 11.8 Å². The second kappa shape index (κ2) is 7.89. The van der Waals surface area contributed by atoms with Crippen molar-refractivity contribution in [3.05, 3.63) is 35.9 Å². The quantitative estimate of drug-likeness (QED) is 0.836. The molecule has 1 N–H and O–H groups in total. The fourth-order valence-corrected chi connectivity index (χ4v) is 2.18. The van der Waals surface area contributed by atoms with Crippen molar-refractivity contribution in [1.29, 1.82) is 0 Å². The fourth-order valence-electron chi connectivity index (χ4n) is 2.00. The summed E-state index contributed by atoms with van der Waals surface area (Å²) < 4.78 is 1.53. The van der Waals surface area contributed by atoms with Gasteiger partial charge in [-0.05, 0) is 25.2 Å². The second-order valence-electron chi connectivity index (χ2n) is 5.51. The molecule has 0 fully saturated rings. The zero-order valence-corrected chi connectivity index (χ0v) is 14.5. The number of carbonyl (C=O) groups excluding carboxylic acids is 2. The van der Waals surface area contributed by atoms with E-state index in [4.69, 9.17) is 11.6 Å². The molecule has 1 heterocycles. The molecule has 2 aromatic rings. The van der Waals surface area contributed by atoms with Crippen LogP contribution in [0.2, 0.25) is 5.02 Å². The number of hydrogen-bond acceptors (Lipinski definition) is 5. The minimum Gasteiger partial charge on any atom is -0.348 e. The van der Waals surface area contributed by atoms with Crippen LogP contribution in [0.1, 0.15) is 0 Å². The van der Waals surface area contributed by atoms with Gasteiger partial charge < -0.3 is 10.2 Å². The molecule has 0 radical (unpaired) electrons. The van der Waals surface area contributed by atoms with Crippen molar-refractivity contribution in [2.75, 3.05) is 39.5 Å². The molecule has 128 valence electrons. The van der Waals surface area contributed by atoms with E-state index in [0.717, 1.165) is 0 Å². The summed E-state index contributed by atoms with van der Waals surface area (Å²) in [6.45, 7) is 0.231. The normalized spacial score (nSPS) is 10.7. The van der Waals surface area contributed by atoms with Gasteiger partial charge in [0.05, 0.1) is 24.5 Å². The summed E-state index contributed by atoms with van der Waals surface area (Å²) >= 11 is 6.01. The molecule has 0 atom stereocenters. The summed E-state index contributed by atoms with van der Waals surface area (Å²) in [7, 11) is 5.05. The largest absolute Gasteiger partial charge is 0.348 e. The van der Waals surface area contributed by atoms with Crippen molar-refractivity contribution in [2.24, 2.45) is 0 Å². The Morgan fingerprint density at radius 2 is 2.00 bits per heavy atom. The monoisotopic (exact) mass is 350 g/mol. The van der Waals surface area contributed by atoms with Gasteiger partial charge in [0.15, 0.2) is 0 Å². The molecule has 1 aromatic heterocycles. The molecule has 0 aliphatic heterocycles. The number of halogens is 1. The predicted octanol–water partition coefficient (Wildman–Crippen LogP) is 0.879. The molecule has 0 unspecified atom stereocenters. The van der Waals surface area contributed by atoms with Crippen LogP contribution < -0.4 is 5.32 Å². The number of amides is 2. The lowest BCUT2D eigenvalue weighted by Gasteiger charge is -2.19. The molecule has 0 spiro atoms. The molecule has 0 bridgehead atoms. The first kappa shape index (κ1) is 17.9. The van der Waals surface area contributed by atoms with Crippen molar-refractivity contribution in [3.63, 3.8) is 0 Å². The van der Waals surface area contributed by atoms with Crippen molar-refractivity contribution >= 4 is 29.1 Å². The Morgan fingerprint density at radius 1 is 1.25 bits per heavy atom. The molecule has 0 saturated heterocycles. The molecule has 2 amide bonds. The summed E-state index contributed by atoms with van der Waals surface area (Å²) in [5.41, 5.74) is 1.17. The van der Waals surface area contributed by atoms with Gasteiger partial charge in [0, 0.05) is 19.1 Å². The third-order valence-corrected chi connectivity index (χ3v) is 3.45. The lowest BCUT2D eigenvalue weighted by molar-refractivity contribution is -0.130. The Kier molecular flexibility index (Phi) is 5.88. The highest BCUT2D eigenvalue weighted by Crippen LogP contribution is 2.23. The van der Waals surface area contributed by atoms with Crippen molar-refractivity contribution < 1.29 is 9.59 Å². The Labute approximate surface area is 145 Å². The molecule has 24 heavy (non-hydrogen) atoms. The van der Waals surface area contributed by atoms with Gasteiger partial charge in [-0.25, -0.2) is 9.67 Å². The number of aromatic nitrogens is 3. The summed E-state index contributed by atoms with van der Waals surface area (Å²) in [6.07, 6.45) is 2.93. The Balaban J connectivity index is 2.06. The van der Waals surface area contributed by atoms with E-state index in [-0.39, 0.29) is 24.9 Å². The number of carbonyl (C=O) groups is 2. The Hall–Kier alpha value is -2.45. The third-order valence-electron chi connectivity index (χ3n) is 3.22. The average molecular weight is 351 g/mol. The highest BCUT2D eigenvalue weighted by molar-refractivity contribution is 6.31. The van der Waals surface area contributed by atoms with Crippen LogP contribution in [0.15, 0.2) is 30.9 Å². The topological polar surface area (TPSA) is 83.4 Å². The maximum atomic E-state index is 12.2. The fraction of sp³-hybridized carbons (Fsp3) is 0.333. The predicted molar refractivity (Wildman–Crippen MR) is 91.2 cm³/mol. The molecular formula is C15H19ClN6O2. The smallest absolute Gasteiger partial charge is 0.238 e. The minimum absolute atomic E-state index is 0.0723. The molecule has 0 aliphatic carbocycles. The zero-order chi connectivity index (χ0) is 17.7. The highest BCUT2D eigenvalue weighted by Gasteiger charge is 2.14. The molecule has 2 rings (SSSR count). The number of anilines is 1. The van der Waals surface area contributed by atoms with Crippen LogP contribution in [0.25, 0.3) is 5.69 Å². The first-order valence-electron chi connectivity index (χ1n) is 7.20. The van der Waals surface area contributed by atoms with Crippen molar-refractivity contribution in [2.45, 2.75) is 0 Å². The van der Waals surface area contributed by atoms with Gasteiger partial charge in [-0.3, -0.25) is 14.5 Å². The SMILES string of the molecule is CN(CC(=O)Nc1cc(Cl)ccc1-n1cncn1)CC(=O)N(C)C. The summed E-state index contributed by atoms with van der Waals surface area (Å²) in [5, 5.41) is 7.34. The third kappa shape index (κ3) is 4.77. The van der Waals surface area contributed by atoms with E-state index in [1.165, 1.54) is 22.2 Å². The second-order valence-corrected chi connectivity index (χ2v) is 5.95. The van der Waals surface area contributed by atoms with Gasteiger partial charge in [0.1, 0.15) is 12.7 Å². The Bertz CT molecular complexity index is 717. The number of likely N-dealkylation sites (N-methyl/N-ethyl adjacent to an activating group) is 2. The van der Waals surface area contributed by atoms with Crippen LogP contribution in [-0.2, 0) is 9.59 Å². The van der Waals surface area contributed by atoms with Crippen LogP contribution in [0.4, 0.5) is 5.69 Å². The van der Waals surface area contributed by atoms with E-state index >= 15 is 0 Å². The van der Waals surface area contributed by atoms with Crippen molar-refractivity contribution in [3.8, 4) is 5.69 Å². The van der Waals surface area contributed by atoms with E-state index in [1.807, 2.05) is 0 Å². The summed E-state index contributed by atoms with van der Waals surface area (Å²) in [5.74, 6) is -0.330. The van der Waals surface area contributed by atoms with Gasteiger partial charge in [-0.2, -0.15) is 5.10 Å². The van der Waals surface area contributed by atoms with Gasteiger partial charge in [0.25, 0.3) is 0 Å². The number of nitrogens with zero attached hydrogens (tertiary/aromatic N) is 5. The van der Waals surface area contributed by atoms with Crippen molar-refractivity contribution in [1.82, 2.24) is 24.6 Å². The molecule has 8 nitrogen and oxygen atoms in total. The maximum Gasteiger partial charge on any atom is 0.238 e. The van der Waals surface area contributed by atoms with Gasteiger partial charge >= 0.3 is 0 Å². The molecule has 9 heteroatoms. The molecule has 0 saturated carbocycles. The molecule has 1 aromatic carbocycles. The minimum atomic E-state index is -0.257.